The first kappa shape index (κ1) is 12.1. The third-order valence-electron chi connectivity index (χ3n) is 2.91. The van der Waals surface area contributed by atoms with Crippen LogP contribution in [0.2, 0.25) is 0 Å². The minimum absolute atomic E-state index is 0.695. The molecule has 2 rings (SSSR count). The molecule has 1 aromatic carbocycles. The van der Waals surface area contributed by atoms with Gasteiger partial charge in [0.2, 0.25) is 0 Å². The zero-order valence-electron chi connectivity index (χ0n) is 9.42. The summed E-state index contributed by atoms with van der Waals surface area (Å²) >= 11 is 3.48. The number of nitrogens with one attached hydrogen (secondary N) is 1. The van der Waals surface area contributed by atoms with Crippen molar-refractivity contribution in [2.75, 3.05) is 19.8 Å². The average molecular weight is 284 g/mol. The highest BCUT2D eigenvalue weighted by molar-refractivity contribution is 9.10. The molecule has 0 radical (unpaired) electrons. The van der Waals surface area contributed by atoms with Gasteiger partial charge in [0.05, 0.1) is 6.61 Å². The Morgan fingerprint density at radius 3 is 3.12 bits per heavy atom. The molecule has 0 bridgehead atoms. The maximum Gasteiger partial charge on any atom is 0.0506 e. The SMILES string of the molecule is Brc1cccc(CNCC2CCCOC2)c1. The molecule has 2 nitrogen and oxygen atoms in total. The highest BCUT2D eigenvalue weighted by Gasteiger charge is 2.12. The summed E-state index contributed by atoms with van der Waals surface area (Å²) in [5.74, 6) is 0.695. The third kappa shape index (κ3) is 3.89. The summed E-state index contributed by atoms with van der Waals surface area (Å²) in [7, 11) is 0. The van der Waals surface area contributed by atoms with Crippen LogP contribution in [-0.2, 0) is 11.3 Å². The van der Waals surface area contributed by atoms with Gasteiger partial charge in [-0.3, -0.25) is 0 Å². The highest BCUT2D eigenvalue weighted by atomic mass is 79.9. The Morgan fingerprint density at radius 2 is 2.38 bits per heavy atom. The van der Waals surface area contributed by atoms with Crippen LogP contribution in [-0.4, -0.2) is 19.8 Å². The Bertz CT molecular complexity index is 323. The first-order valence-corrected chi connectivity index (χ1v) is 6.67. The maximum atomic E-state index is 5.46. The maximum absolute atomic E-state index is 5.46. The fourth-order valence-electron chi connectivity index (χ4n) is 2.04. The second-order valence-corrected chi connectivity index (χ2v) is 5.26. The standard InChI is InChI=1S/C13H18BrNO/c14-13-5-1-3-11(7-13)8-15-9-12-4-2-6-16-10-12/h1,3,5,7,12,15H,2,4,6,8-10H2. The van der Waals surface area contributed by atoms with Crippen LogP contribution in [0.25, 0.3) is 0 Å². The lowest BCUT2D eigenvalue weighted by molar-refractivity contribution is 0.0547. The van der Waals surface area contributed by atoms with Gasteiger partial charge in [0.15, 0.2) is 0 Å². The zero-order valence-corrected chi connectivity index (χ0v) is 11.0. The van der Waals surface area contributed by atoms with E-state index in [-0.39, 0.29) is 0 Å². The molecule has 0 aliphatic carbocycles. The molecule has 1 saturated heterocycles. The van der Waals surface area contributed by atoms with Crippen molar-refractivity contribution in [1.29, 1.82) is 0 Å². The molecule has 0 amide bonds. The van der Waals surface area contributed by atoms with Crippen LogP contribution in [0.4, 0.5) is 0 Å². The molecule has 0 aromatic heterocycles. The van der Waals surface area contributed by atoms with E-state index in [1.165, 1.54) is 18.4 Å². The minimum Gasteiger partial charge on any atom is -0.381 e. The molecule has 1 aliphatic heterocycles. The molecule has 1 aliphatic rings. The number of hydrogen-bond donors (Lipinski definition) is 1. The predicted octanol–water partition coefficient (Wildman–Crippen LogP) is 2.97. The van der Waals surface area contributed by atoms with Gasteiger partial charge in [-0.25, -0.2) is 0 Å². The van der Waals surface area contributed by atoms with Gasteiger partial charge in [-0.2, -0.15) is 0 Å². The van der Waals surface area contributed by atoms with Gasteiger partial charge in [-0.05, 0) is 36.5 Å². The van der Waals surface area contributed by atoms with Crippen molar-refractivity contribution in [2.24, 2.45) is 5.92 Å². The van der Waals surface area contributed by atoms with E-state index in [2.05, 4.69) is 45.5 Å². The monoisotopic (exact) mass is 283 g/mol. The van der Waals surface area contributed by atoms with Crippen LogP contribution < -0.4 is 5.32 Å². The Balaban J connectivity index is 1.71. The smallest absolute Gasteiger partial charge is 0.0506 e. The molecule has 1 atom stereocenters. The quantitative estimate of drug-likeness (QED) is 0.917. The molecule has 1 unspecified atom stereocenters. The van der Waals surface area contributed by atoms with Gasteiger partial charge < -0.3 is 10.1 Å². The van der Waals surface area contributed by atoms with Crippen molar-refractivity contribution < 1.29 is 4.74 Å². The molecule has 3 heteroatoms. The zero-order chi connectivity index (χ0) is 11.2. The van der Waals surface area contributed by atoms with Crippen molar-refractivity contribution >= 4 is 15.9 Å². The van der Waals surface area contributed by atoms with Crippen molar-refractivity contribution in [1.82, 2.24) is 5.32 Å². The average Bonchev–Trinajstić information content (AvgIpc) is 2.30. The van der Waals surface area contributed by atoms with E-state index < -0.39 is 0 Å². The van der Waals surface area contributed by atoms with E-state index in [4.69, 9.17) is 4.74 Å². The fraction of sp³-hybridized carbons (Fsp3) is 0.538. The molecule has 1 aromatic rings. The van der Waals surface area contributed by atoms with Gasteiger partial charge >= 0.3 is 0 Å². The van der Waals surface area contributed by atoms with Crippen molar-refractivity contribution in [3.05, 3.63) is 34.3 Å². The van der Waals surface area contributed by atoms with E-state index in [0.29, 0.717) is 5.92 Å². The van der Waals surface area contributed by atoms with Crippen molar-refractivity contribution in [3.8, 4) is 0 Å². The molecule has 1 N–H and O–H groups in total. The van der Waals surface area contributed by atoms with E-state index in [0.717, 1.165) is 30.8 Å². The van der Waals surface area contributed by atoms with E-state index in [1.54, 1.807) is 0 Å². The normalized spacial score (nSPS) is 20.9. The summed E-state index contributed by atoms with van der Waals surface area (Å²) in [4.78, 5) is 0. The van der Waals surface area contributed by atoms with Gasteiger partial charge in [-0.15, -0.1) is 0 Å². The number of rotatable bonds is 4. The Labute approximate surface area is 106 Å². The summed E-state index contributed by atoms with van der Waals surface area (Å²) in [5.41, 5.74) is 1.33. The number of benzene rings is 1. The number of hydrogen-bond acceptors (Lipinski definition) is 2. The molecule has 0 saturated carbocycles. The highest BCUT2D eigenvalue weighted by Crippen LogP contribution is 2.13. The summed E-state index contributed by atoms with van der Waals surface area (Å²) in [6.45, 7) is 3.87. The molecular weight excluding hydrogens is 266 g/mol. The van der Waals surface area contributed by atoms with E-state index in [9.17, 15) is 0 Å². The molecule has 16 heavy (non-hydrogen) atoms. The van der Waals surface area contributed by atoms with Crippen LogP contribution >= 0.6 is 15.9 Å². The van der Waals surface area contributed by atoms with E-state index in [1.807, 2.05) is 0 Å². The summed E-state index contributed by atoms with van der Waals surface area (Å²) in [5, 5.41) is 3.50. The van der Waals surface area contributed by atoms with Crippen LogP contribution in [0.15, 0.2) is 28.7 Å². The molecule has 88 valence electrons. The van der Waals surface area contributed by atoms with E-state index >= 15 is 0 Å². The van der Waals surface area contributed by atoms with Gasteiger partial charge in [0, 0.05) is 24.2 Å². The number of ether oxygens (including phenoxy) is 1. The lowest BCUT2D eigenvalue weighted by Crippen LogP contribution is -2.28. The first-order chi connectivity index (χ1) is 7.84. The summed E-state index contributed by atoms with van der Waals surface area (Å²) < 4.78 is 6.60. The fourth-order valence-corrected chi connectivity index (χ4v) is 2.48. The largest absolute Gasteiger partial charge is 0.381 e. The Hall–Kier alpha value is -0.380. The van der Waals surface area contributed by atoms with Crippen LogP contribution in [0, 0.1) is 5.92 Å². The summed E-state index contributed by atoms with van der Waals surface area (Å²) in [6.07, 6.45) is 2.51. The minimum atomic E-state index is 0.695. The second kappa shape index (κ2) is 6.38. The topological polar surface area (TPSA) is 21.3 Å². The molecule has 1 heterocycles. The molecule has 0 spiro atoms. The Morgan fingerprint density at radius 1 is 1.44 bits per heavy atom. The van der Waals surface area contributed by atoms with Crippen LogP contribution in [0.3, 0.4) is 0 Å². The Kier molecular flexibility index (Phi) is 4.82. The number of halogens is 1. The van der Waals surface area contributed by atoms with Crippen LogP contribution in [0.5, 0.6) is 0 Å². The molecular formula is C13H18BrNO. The third-order valence-corrected chi connectivity index (χ3v) is 3.40. The lowest BCUT2D eigenvalue weighted by Gasteiger charge is -2.22. The van der Waals surface area contributed by atoms with Gasteiger partial charge in [-0.1, -0.05) is 28.1 Å². The van der Waals surface area contributed by atoms with Crippen molar-refractivity contribution in [3.63, 3.8) is 0 Å². The van der Waals surface area contributed by atoms with Gasteiger partial charge in [0.25, 0.3) is 0 Å². The van der Waals surface area contributed by atoms with Crippen molar-refractivity contribution in [2.45, 2.75) is 19.4 Å². The second-order valence-electron chi connectivity index (χ2n) is 4.34. The summed E-state index contributed by atoms with van der Waals surface area (Å²) in [6, 6.07) is 8.43. The lowest BCUT2D eigenvalue weighted by atomic mass is 10.0. The first-order valence-electron chi connectivity index (χ1n) is 5.87. The predicted molar refractivity (Wildman–Crippen MR) is 69.4 cm³/mol. The van der Waals surface area contributed by atoms with Gasteiger partial charge in [0.1, 0.15) is 0 Å². The van der Waals surface area contributed by atoms with Crippen LogP contribution in [0.1, 0.15) is 18.4 Å². The molecule has 1 fully saturated rings.